The molecule has 20 heavy (non-hydrogen) atoms. The summed E-state index contributed by atoms with van der Waals surface area (Å²) in [5.41, 5.74) is 2.96. The van der Waals surface area contributed by atoms with Gasteiger partial charge in [0.2, 0.25) is 0 Å². The Bertz CT molecular complexity index is 832. The minimum Gasteiger partial charge on any atom is -0.468 e. The summed E-state index contributed by atoms with van der Waals surface area (Å²) in [4.78, 5) is 0. The van der Waals surface area contributed by atoms with Crippen LogP contribution in [0.1, 0.15) is 13.8 Å². The van der Waals surface area contributed by atoms with Gasteiger partial charge in [-0.05, 0) is 44.2 Å². The molecule has 0 N–H and O–H groups in total. The van der Waals surface area contributed by atoms with Gasteiger partial charge in [-0.15, -0.1) is 0 Å². The molecule has 0 unspecified atom stereocenters. The molecular formula is C17H14ClNO. The average Bonchev–Trinajstić information content (AvgIpc) is 2.80. The van der Waals surface area contributed by atoms with Gasteiger partial charge in [0, 0.05) is 16.0 Å². The van der Waals surface area contributed by atoms with Crippen LogP contribution in [0.4, 0.5) is 0 Å². The van der Waals surface area contributed by atoms with Gasteiger partial charge in [0.05, 0.1) is 11.2 Å². The SMILES string of the molecule is CC1(C)Oc2ccc(Cl)cc2-c2cc3ccccc3n21. The molecule has 0 aliphatic carbocycles. The topological polar surface area (TPSA) is 14.2 Å². The molecule has 2 nitrogen and oxygen atoms in total. The minimum atomic E-state index is -0.417. The number of para-hydroxylation sites is 1. The first kappa shape index (κ1) is 11.9. The zero-order chi connectivity index (χ0) is 13.9. The quantitative estimate of drug-likeness (QED) is 0.563. The summed E-state index contributed by atoms with van der Waals surface area (Å²) in [6.45, 7) is 4.17. The second kappa shape index (κ2) is 3.80. The normalized spacial score (nSPS) is 15.6. The van der Waals surface area contributed by atoms with Crippen LogP contribution in [0.3, 0.4) is 0 Å². The molecule has 3 aromatic rings. The molecule has 0 saturated heterocycles. The summed E-state index contributed by atoms with van der Waals surface area (Å²) in [6.07, 6.45) is 0. The van der Waals surface area contributed by atoms with E-state index in [0.29, 0.717) is 0 Å². The van der Waals surface area contributed by atoms with Crippen molar-refractivity contribution >= 4 is 22.5 Å². The van der Waals surface area contributed by atoms with Crippen molar-refractivity contribution in [1.29, 1.82) is 0 Å². The molecule has 0 amide bonds. The Hall–Kier alpha value is -1.93. The fourth-order valence-corrected chi connectivity index (χ4v) is 3.21. The summed E-state index contributed by atoms with van der Waals surface area (Å²) >= 11 is 6.15. The van der Waals surface area contributed by atoms with Crippen LogP contribution in [0, 0.1) is 0 Å². The maximum absolute atomic E-state index is 6.17. The standard InChI is InChI=1S/C17H14ClNO/c1-17(2)19-14-6-4-3-5-11(14)9-15(19)13-10-12(18)7-8-16(13)20-17/h3-10H,1-2H3. The van der Waals surface area contributed by atoms with Gasteiger partial charge >= 0.3 is 0 Å². The third-order valence-electron chi connectivity index (χ3n) is 3.83. The highest BCUT2D eigenvalue weighted by Gasteiger charge is 2.33. The van der Waals surface area contributed by atoms with Crippen molar-refractivity contribution in [3.63, 3.8) is 0 Å². The number of hydrogen-bond acceptors (Lipinski definition) is 1. The predicted molar refractivity (Wildman–Crippen MR) is 82.3 cm³/mol. The molecule has 0 radical (unpaired) electrons. The molecule has 100 valence electrons. The van der Waals surface area contributed by atoms with Gasteiger partial charge in [0.15, 0.2) is 5.72 Å². The Kier molecular flexibility index (Phi) is 2.25. The van der Waals surface area contributed by atoms with Gasteiger partial charge in [0.25, 0.3) is 0 Å². The molecule has 3 heteroatoms. The van der Waals surface area contributed by atoms with Crippen molar-refractivity contribution in [3.8, 4) is 17.0 Å². The van der Waals surface area contributed by atoms with Crippen molar-refractivity contribution in [2.45, 2.75) is 19.6 Å². The van der Waals surface area contributed by atoms with Crippen molar-refractivity contribution in [2.75, 3.05) is 0 Å². The summed E-state index contributed by atoms with van der Waals surface area (Å²) in [6, 6.07) is 16.3. The molecule has 2 aromatic carbocycles. The van der Waals surface area contributed by atoms with E-state index >= 15 is 0 Å². The number of halogens is 1. The highest BCUT2D eigenvalue weighted by Crippen LogP contribution is 2.44. The van der Waals surface area contributed by atoms with E-state index in [4.69, 9.17) is 16.3 Å². The number of benzene rings is 2. The van der Waals surface area contributed by atoms with Crippen LogP contribution >= 0.6 is 11.6 Å². The Balaban J connectivity index is 2.14. The van der Waals surface area contributed by atoms with Gasteiger partial charge < -0.3 is 9.30 Å². The monoisotopic (exact) mass is 283 g/mol. The van der Waals surface area contributed by atoms with E-state index in [2.05, 4.69) is 48.7 Å². The van der Waals surface area contributed by atoms with Crippen molar-refractivity contribution in [2.24, 2.45) is 0 Å². The molecule has 1 aromatic heterocycles. The second-order valence-corrected chi connectivity index (χ2v) is 6.05. The Labute approximate surface area is 122 Å². The maximum Gasteiger partial charge on any atom is 0.181 e. The summed E-state index contributed by atoms with van der Waals surface area (Å²) in [5, 5.41) is 1.94. The number of rotatable bonds is 0. The molecule has 1 aliphatic heterocycles. The van der Waals surface area contributed by atoms with Gasteiger partial charge in [-0.25, -0.2) is 0 Å². The Morgan fingerprint density at radius 2 is 1.85 bits per heavy atom. The zero-order valence-corrected chi connectivity index (χ0v) is 12.1. The number of fused-ring (bicyclic) bond motifs is 5. The number of aromatic nitrogens is 1. The van der Waals surface area contributed by atoms with E-state index in [9.17, 15) is 0 Å². The van der Waals surface area contributed by atoms with E-state index < -0.39 is 5.72 Å². The van der Waals surface area contributed by atoms with Gasteiger partial charge in [0.1, 0.15) is 5.75 Å². The average molecular weight is 284 g/mol. The highest BCUT2D eigenvalue weighted by atomic mass is 35.5. The highest BCUT2D eigenvalue weighted by molar-refractivity contribution is 6.31. The first-order valence-corrected chi connectivity index (χ1v) is 7.04. The molecule has 2 heterocycles. The molecule has 0 fully saturated rings. The third kappa shape index (κ3) is 1.52. The third-order valence-corrected chi connectivity index (χ3v) is 4.06. The number of nitrogens with zero attached hydrogens (tertiary/aromatic N) is 1. The molecule has 0 spiro atoms. The van der Waals surface area contributed by atoms with Crippen LogP contribution in [0.2, 0.25) is 5.02 Å². The lowest BCUT2D eigenvalue weighted by molar-refractivity contribution is 0.0313. The first-order chi connectivity index (χ1) is 9.56. The Morgan fingerprint density at radius 1 is 1.05 bits per heavy atom. The lowest BCUT2D eigenvalue weighted by Gasteiger charge is -2.36. The largest absolute Gasteiger partial charge is 0.468 e. The van der Waals surface area contributed by atoms with Crippen LogP contribution < -0.4 is 4.74 Å². The lowest BCUT2D eigenvalue weighted by atomic mass is 10.1. The van der Waals surface area contributed by atoms with Crippen molar-refractivity contribution in [3.05, 3.63) is 53.6 Å². The number of ether oxygens (including phenoxy) is 1. The maximum atomic E-state index is 6.17. The first-order valence-electron chi connectivity index (χ1n) is 6.66. The minimum absolute atomic E-state index is 0.417. The molecule has 4 rings (SSSR count). The smallest absolute Gasteiger partial charge is 0.181 e. The van der Waals surface area contributed by atoms with Crippen LogP contribution in [0.15, 0.2) is 48.5 Å². The van der Waals surface area contributed by atoms with Crippen LogP contribution in [0.25, 0.3) is 22.2 Å². The molecule has 0 atom stereocenters. The van der Waals surface area contributed by atoms with E-state index in [1.807, 2.05) is 18.2 Å². The molecular weight excluding hydrogens is 270 g/mol. The molecule has 0 bridgehead atoms. The summed E-state index contributed by atoms with van der Waals surface area (Å²) < 4.78 is 8.41. The zero-order valence-electron chi connectivity index (χ0n) is 11.4. The predicted octanol–water partition coefficient (Wildman–Crippen LogP) is 5.05. The van der Waals surface area contributed by atoms with Gasteiger partial charge in [-0.3, -0.25) is 0 Å². The summed E-state index contributed by atoms with van der Waals surface area (Å²) in [7, 11) is 0. The Morgan fingerprint density at radius 3 is 2.70 bits per heavy atom. The second-order valence-electron chi connectivity index (χ2n) is 5.61. The van der Waals surface area contributed by atoms with Crippen molar-refractivity contribution < 1.29 is 4.74 Å². The number of hydrogen-bond donors (Lipinski definition) is 0. The molecule has 0 saturated carbocycles. The van der Waals surface area contributed by atoms with Gasteiger partial charge in [-0.1, -0.05) is 29.8 Å². The van der Waals surface area contributed by atoms with Crippen LogP contribution in [-0.4, -0.2) is 4.57 Å². The van der Waals surface area contributed by atoms with E-state index in [1.165, 1.54) is 10.9 Å². The van der Waals surface area contributed by atoms with Crippen LogP contribution in [-0.2, 0) is 5.72 Å². The lowest BCUT2D eigenvalue weighted by Crippen LogP contribution is -2.36. The van der Waals surface area contributed by atoms with Crippen molar-refractivity contribution in [1.82, 2.24) is 4.57 Å². The molecule has 1 aliphatic rings. The van der Waals surface area contributed by atoms with E-state index in [1.54, 1.807) is 0 Å². The fraction of sp³-hybridized carbons (Fsp3) is 0.176. The fourth-order valence-electron chi connectivity index (χ4n) is 3.04. The van der Waals surface area contributed by atoms with E-state index in [0.717, 1.165) is 22.0 Å². The summed E-state index contributed by atoms with van der Waals surface area (Å²) in [5.74, 6) is 0.884. The van der Waals surface area contributed by atoms with Crippen LogP contribution in [0.5, 0.6) is 5.75 Å². The van der Waals surface area contributed by atoms with E-state index in [-0.39, 0.29) is 0 Å². The van der Waals surface area contributed by atoms with Gasteiger partial charge in [-0.2, -0.15) is 0 Å².